The molecule has 1 nitrogen and oxygen atoms in total. The van der Waals surface area contributed by atoms with Gasteiger partial charge < -0.3 is 0 Å². The second kappa shape index (κ2) is 1.77. The second-order valence-electron chi connectivity index (χ2n) is 0.847. The molecule has 0 bridgehead atoms. The molecule has 0 radical (unpaired) electrons. The molecule has 0 heterocycles. The Balaban J connectivity index is 2.32. The predicted molar refractivity (Wildman–Crippen MR) is 20.8 cm³/mol. The van der Waals surface area contributed by atoms with Crippen molar-refractivity contribution in [1.82, 2.24) is 3.92 Å². The van der Waals surface area contributed by atoms with Crippen LogP contribution < -0.4 is 0 Å². The van der Waals surface area contributed by atoms with E-state index >= 15 is 0 Å². The van der Waals surface area contributed by atoms with Gasteiger partial charge in [0.25, 0.3) is 0 Å². The third-order valence-corrected chi connectivity index (χ3v) is 0. The summed E-state index contributed by atoms with van der Waals surface area (Å²) in [7, 11) is 3.94. The van der Waals surface area contributed by atoms with E-state index in [1.807, 2.05) is 18.0 Å². The van der Waals surface area contributed by atoms with Crippen LogP contribution in [-0.4, -0.2) is 34.2 Å². The van der Waals surface area contributed by atoms with E-state index in [1.54, 1.807) is 0 Å². The number of rotatable bonds is 0. The molecule has 0 amide bonds. The van der Waals surface area contributed by atoms with Crippen LogP contribution in [-0.2, 0) is 0 Å². The summed E-state index contributed by atoms with van der Waals surface area (Å²) in [4.78, 5) is 0. The Morgan fingerprint density at radius 2 is 1.50 bits per heavy atom. The zero-order valence-electron chi connectivity index (χ0n) is 2.89. The summed E-state index contributed by atoms with van der Waals surface area (Å²) in [5.41, 5.74) is 0. The fourth-order valence-electron chi connectivity index (χ4n) is 0. The minimum atomic E-state index is 1.94. The van der Waals surface area contributed by atoms with E-state index in [9.17, 15) is 0 Å². The topological polar surface area (TPSA) is 3.24 Å². The standard InChI is InChI=1S/C2H7NSe/c1-3(2)4/h4H,1-2H3. The molecular formula is C2H7NSe. The van der Waals surface area contributed by atoms with Gasteiger partial charge in [0.1, 0.15) is 0 Å². The van der Waals surface area contributed by atoms with Crippen molar-refractivity contribution < 1.29 is 0 Å². The molecule has 0 atom stereocenters. The van der Waals surface area contributed by atoms with Crippen LogP contribution in [0, 0.1) is 0 Å². The first-order valence-electron chi connectivity index (χ1n) is 1.09. The van der Waals surface area contributed by atoms with Crippen molar-refractivity contribution in [3.8, 4) is 0 Å². The SMILES string of the molecule is CN(C)[SeH]. The Hall–Kier alpha value is 0.479. The number of nitrogens with zero attached hydrogens (tertiary/aromatic N) is 1. The molecule has 0 spiro atoms. The molecule has 0 saturated carbocycles. The third-order valence-electron chi connectivity index (χ3n) is 0. The van der Waals surface area contributed by atoms with Crippen molar-refractivity contribution in [3.63, 3.8) is 0 Å². The molecule has 0 saturated heterocycles. The van der Waals surface area contributed by atoms with Crippen LogP contribution in [0.5, 0.6) is 0 Å². The molecule has 2 heteroatoms. The van der Waals surface area contributed by atoms with Gasteiger partial charge in [0.2, 0.25) is 0 Å². The molecular weight excluding hydrogens is 117 g/mol. The minimum absolute atomic E-state index is 1.94. The van der Waals surface area contributed by atoms with E-state index in [4.69, 9.17) is 0 Å². The van der Waals surface area contributed by atoms with Crippen LogP contribution in [0.25, 0.3) is 0 Å². The fraction of sp³-hybridized carbons (Fsp3) is 1.00. The van der Waals surface area contributed by atoms with Gasteiger partial charge in [-0.1, -0.05) is 0 Å². The number of hydrogen-bond acceptors (Lipinski definition) is 1. The quantitative estimate of drug-likeness (QED) is 0.388. The average molecular weight is 124 g/mol. The molecule has 0 aromatic carbocycles. The summed E-state index contributed by atoms with van der Waals surface area (Å²) in [5.74, 6) is 0. The summed E-state index contributed by atoms with van der Waals surface area (Å²) in [5, 5.41) is 0. The second-order valence-corrected chi connectivity index (χ2v) is 2.53. The van der Waals surface area contributed by atoms with Gasteiger partial charge in [-0.2, -0.15) is 0 Å². The van der Waals surface area contributed by atoms with E-state index in [0.29, 0.717) is 0 Å². The summed E-state index contributed by atoms with van der Waals surface area (Å²) < 4.78 is 1.94. The van der Waals surface area contributed by atoms with Gasteiger partial charge in [-0.3, -0.25) is 0 Å². The maximum absolute atomic E-state index is 2.37. The summed E-state index contributed by atoms with van der Waals surface area (Å²) >= 11 is 2.37. The average Bonchev–Trinajstić information content (AvgIpc) is 0.811. The molecule has 0 fully saturated rings. The van der Waals surface area contributed by atoms with Gasteiger partial charge >= 0.3 is 34.2 Å². The zero-order valence-corrected chi connectivity index (χ0v) is 4.77. The number of hydrogen-bond donors (Lipinski definition) is 0. The fourth-order valence-corrected chi connectivity index (χ4v) is 0. The van der Waals surface area contributed by atoms with E-state index < -0.39 is 0 Å². The van der Waals surface area contributed by atoms with E-state index in [0.717, 1.165) is 0 Å². The van der Waals surface area contributed by atoms with Gasteiger partial charge in [0.05, 0.1) is 0 Å². The summed E-state index contributed by atoms with van der Waals surface area (Å²) in [6.45, 7) is 0. The van der Waals surface area contributed by atoms with Gasteiger partial charge in [0.15, 0.2) is 0 Å². The molecule has 0 aliphatic rings. The van der Waals surface area contributed by atoms with Crippen LogP contribution in [0.1, 0.15) is 0 Å². The predicted octanol–water partition coefficient (Wildman–Crippen LogP) is -0.636. The van der Waals surface area contributed by atoms with E-state index in [1.165, 1.54) is 0 Å². The van der Waals surface area contributed by atoms with Crippen molar-refractivity contribution >= 4 is 16.2 Å². The van der Waals surface area contributed by atoms with Crippen LogP contribution in [0.4, 0.5) is 0 Å². The molecule has 0 N–H and O–H groups in total. The molecule has 4 heavy (non-hydrogen) atoms. The van der Waals surface area contributed by atoms with Crippen molar-refractivity contribution in [2.24, 2.45) is 0 Å². The van der Waals surface area contributed by atoms with Gasteiger partial charge in [-0.15, -0.1) is 0 Å². The van der Waals surface area contributed by atoms with Crippen molar-refractivity contribution in [2.75, 3.05) is 14.1 Å². The molecule has 0 unspecified atom stereocenters. The Morgan fingerprint density at radius 1 is 1.50 bits per heavy atom. The summed E-state index contributed by atoms with van der Waals surface area (Å²) in [6, 6.07) is 0. The van der Waals surface area contributed by atoms with Crippen molar-refractivity contribution in [2.45, 2.75) is 0 Å². The zero-order chi connectivity index (χ0) is 3.58. The van der Waals surface area contributed by atoms with Crippen LogP contribution in [0.3, 0.4) is 0 Å². The van der Waals surface area contributed by atoms with Crippen LogP contribution in [0.15, 0.2) is 0 Å². The Kier molecular flexibility index (Phi) is 1.98. The van der Waals surface area contributed by atoms with Crippen molar-refractivity contribution in [1.29, 1.82) is 0 Å². The van der Waals surface area contributed by atoms with Gasteiger partial charge in [0, 0.05) is 0 Å². The van der Waals surface area contributed by atoms with Gasteiger partial charge in [-0.25, -0.2) is 0 Å². The monoisotopic (exact) mass is 125 g/mol. The van der Waals surface area contributed by atoms with Crippen molar-refractivity contribution in [3.05, 3.63) is 0 Å². The Bertz CT molecular complexity index is 10.8. The molecule has 0 rings (SSSR count). The van der Waals surface area contributed by atoms with Crippen LogP contribution >= 0.6 is 0 Å². The van der Waals surface area contributed by atoms with E-state index in [-0.39, 0.29) is 0 Å². The maximum atomic E-state index is 2.37. The Morgan fingerprint density at radius 3 is 1.50 bits per heavy atom. The molecule has 26 valence electrons. The molecule has 0 aliphatic carbocycles. The molecule has 0 aromatic heterocycles. The molecule has 0 aromatic rings. The third kappa shape index (κ3) is 23.6. The van der Waals surface area contributed by atoms with Gasteiger partial charge in [-0.05, 0) is 0 Å². The Labute approximate surface area is 35.0 Å². The van der Waals surface area contributed by atoms with E-state index in [2.05, 4.69) is 16.2 Å². The first-order chi connectivity index (χ1) is 1.73. The normalized spacial score (nSPS) is 9.00. The molecule has 0 aliphatic heterocycles. The summed E-state index contributed by atoms with van der Waals surface area (Å²) in [6.07, 6.45) is 0. The first-order valence-corrected chi connectivity index (χ1v) is 1.93. The first kappa shape index (κ1) is 4.48. The van der Waals surface area contributed by atoms with Crippen LogP contribution in [0.2, 0.25) is 0 Å².